The van der Waals surface area contributed by atoms with Crippen LogP contribution >= 0.6 is 0 Å². The number of nitrogens with one attached hydrogen (secondary N) is 2. The maximum Gasteiger partial charge on any atom is 0.363 e. The van der Waals surface area contributed by atoms with Crippen molar-refractivity contribution in [3.63, 3.8) is 0 Å². The van der Waals surface area contributed by atoms with Gasteiger partial charge in [0.25, 0.3) is 0 Å². The maximum atomic E-state index is 10.9. The first-order valence-electron chi connectivity index (χ1n) is 5.63. The van der Waals surface area contributed by atoms with Crippen molar-refractivity contribution in [1.29, 1.82) is 0 Å². The number of rotatable bonds is 4. The largest absolute Gasteiger partial charge is 0.378 e. The lowest BCUT2D eigenvalue weighted by molar-refractivity contribution is 0.913. The fourth-order valence-corrected chi connectivity index (χ4v) is 1.40. The van der Waals surface area contributed by atoms with Crippen LogP contribution in [0.1, 0.15) is 5.56 Å². The molecule has 1 heterocycles. The molecule has 2 rings (SSSR count). The van der Waals surface area contributed by atoms with Crippen LogP contribution in [0.3, 0.4) is 0 Å². The van der Waals surface area contributed by atoms with Crippen molar-refractivity contribution in [2.75, 3.05) is 24.4 Å². The lowest BCUT2D eigenvalue weighted by Crippen LogP contribution is -2.13. The monoisotopic (exact) mass is 258 g/mol. The molecule has 0 unspecified atom stereocenters. The van der Waals surface area contributed by atoms with Gasteiger partial charge in [-0.1, -0.05) is 12.1 Å². The molecule has 1 aromatic carbocycles. The van der Waals surface area contributed by atoms with Crippen LogP contribution in [-0.2, 0) is 0 Å². The summed E-state index contributed by atoms with van der Waals surface area (Å²) in [5.74, 6) is 0.296. The number of hydrogen-bond donors (Lipinski definition) is 2. The molecule has 2 aromatic rings. The Balaban J connectivity index is 2.01. The maximum absolute atomic E-state index is 10.9. The summed E-state index contributed by atoms with van der Waals surface area (Å²) in [5.41, 5.74) is 4.18. The number of aromatic nitrogens is 3. The van der Waals surface area contributed by atoms with Gasteiger partial charge in [-0.15, -0.1) is 0 Å². The van der Waals surface area contributed by atoms with Crippen molar-refractivity contribution in [2.24, 2.45) is 5.10 Å². The highest BCUT2D eigenvalue weighted by molar-refractivity contribution is 5.80. The summed E-state index contributed by atoms with van der Waals surface area (Å²) in [4.78, 5) is 16.6. The molecule has 1 aromatic heterocycles. The van der Waals surface area contributed by atoms with Crippen molar-refractivity contribution in [2.45, 2.75) is 0 Å². The van der Waals surface area contributed by atoms with Gasteiger partial charge >= 0.3 is 5.69 Å². The van der Waals surface area contributed by atoms with E-state index in [1.54, 1.807) is 6.21 Å². The second kappa shape index (κ2) is 5.76. The van der Waals surface area contributed by atoms with Crippen LogP contribution in [0, 0.1) is 0 Å². The second-order valence-electron chi connectivity index (χ2n) is 4.03. The van der Waals surface area contributed by atoms with E-state index in [1.807, 2.05) is 43.3 Å². The summed E-state index contributed by atoms with van der Waals surface area (Å²) in [7, 11) is 3.96. The first kappa shape index (κ1) is 12.7. The van der Waals surface area contributed by atoms with E-state index in [2.05, 4.69) is 25.7 Å². The predicted molar refractivity (Wildman–Crippen MR) is 74.6 cm³/mol. The molecular formula is C12H14N6O. The Labute approximate surface area is 110 Å². The molecule has 0 aliphatic carbocycles. The highest BCUT2D eigenvalue weighted by atomic mass is 16.1. The zero-order chi connectivity index (χ0) is 13.7. The number of benzene rings is 1. The molecule has 19 heavy (non-hydrogen) atoms. The smallest absolute Gasteiger partial charge is 0.363 e. The van der Waals surface area contributed by atoms with Gasteiger partial charge in [0.1, 0.15) is 0 Å². The van der Waals surface area contributed by atoms with Crippen molar-refractivity contribution < 1.29 is 0 Å². The number of hydrogen-bond acceptors (Lipinski definition) is 6. The Morgan fingerprint density at radius 3 is 2.68 bits per heavy atom. The number of aromatic amines is 1. The van der Waals surface area contributed by atoms with Gasteiger partial charge < -0.3 is 4.90 Å². The van der Waals surface area contributed by atoms with E-state index in [0.717, 1.165) is 11.3 Å². The zero-order valence-electron chi connectivity index (χ0n) is 10.7. The first-order chi connectivity index (χ1) is 9.15. The molecule has 2 N–H and O–H groups in total. The van der Waals surface area contributed by atoms with Gasteiger partial charge in [-0.25, -0.2) is 9.89 Å². The van der Waals surface area contributed by atoms with Crippen LogP contribution < -0.4 is 16.0 Å². The highest BCUT2D eigenvalue weighted by Gasteiger charge is 1.95. The summed E-state index contributed by atoms with van der Waals surface area (Å²) >= 11 is 0. The van der Waals surface area contributed by atoms with Gasteiger partial charge in [-0.2, -0.15) is 15.2 Å². The van der Waals surface area contributed by atoms with Gasteiger partial charge in [0.2, 0.25) is 0 Å². The molecule has 0 saturated heterocycles. The van der Waals surface area contributed by atoms with Crippen LogP contribution in [0.4, 0.5) is 11.5 Å². The Bertz CT molecular complexity index is 617. The summed E-state index contributed by atoms with van der Waals surface area (Å²) in [6.07, 6.45) is 3.02. The molecular weight excluding hydrogens is 244 g/mol. The number of hydrazone groups is 1. The van der Waals surface area contributed by atoms with E-state index in [4.69, 9.17) is 0 Å². The van der Waals surface area contributed by atoms with Gasteiger partial charge in [-0.05, 0) is 17.7 Å². The summed E-state index contributed by atoms with van der Waals surface area (Å²) in [5, 5.41) is 9.77. The highest BCUT2D eigenvalue weighted by Crippen LogP contribution is 2.10. The molecule has 0 spiro atoms. The SMILES string of the molecule is CN(C)c1ccc(/C=N\Nc2cn[nH]c(=O)n2)cc1. The average Bonchev–Trinajstić information content (AvgIpc) is 2.39. The van der Waals surface area contributed by atoms with Gasteiger partial charge in [0.15, 0.2) is 5.82 Å². The van der Waals surface area contributed by atoms with Crippen LogP contribution in [0.25, 0.3) is 0 Å². The Hall–Kier alpha value is -2.70. The lowest BCUT2D eigenvalue weighted by atomic mass is 10.2. The third-order valence-electron chi connectivity index (χ3n) is 2.37. The van der Waals surface area contributed by atoms with E-state index >= 15 is 0 Å². The number of H-pyrrole nitrogens is 1. The fourth-order valence-electron chi connectivity index (χ4n) is 1.40. The van der Waals surface area contributed by atoms with Gasteiger partial charge in [0.05, 0.1) is 12.4 Å². The van der Waals surface area contributed by atoms with Crippen LogP contribution in [-0.4, -0.2) is 35.5 Å². The molecule has 0 fully saturated rings. The number of anilines is 2. The van der Waals surface area contributed by atoms with Gasteiger partial charge in [-0.3, -0.25) is 5.43 Å². The zero-order valence-corrected chi connectivity index (χ0v) is 10.7. The topological polar surface area (TPSA) is 86.3 Å². The standard InChI is InChI=1S/C12H14N6O/c1-18(2)10-5-3-9(4-6-10)7-13-16-11-8-14-17-12(19)15-11/h3-8H,1-2H3,(H2,15,16,17,19)/b13-7-. The molecule has 7 nitrogen and oxygen atoms in total. The first-order valence-corrected chi connectivity index (χ1v) is 5.63. The third-order valence-corrected chi connectivity index (χ3v) is 2.37. The minimum absolute atomic E-state index is 0.296. The average molecular weight is 258 g/mol. The Kier molecular flexibility index (Phi) is 3.87. The molecule has 0 saturated carbocycles. The predicted octanol–water partition coefficient (Wildman–Crippen LogP) is 0.677. The molecule has 98 valence electrons. The molecule has 0 radical (unpaired) electrons. The Morgan fingerprint density at radius 2 is 2.05 bits per heavy atom. The van der Waals surface area contributed by atoms with Crippen molar-refractivity contribution in [3.05, 3.63) is 46.5 Å². The molecule has 0 amide bonds. The molecule has 7 heteroatoms. The molecule has 0 bridgehead atoms. The normalized spacial score (nSPS) is 10.6. The van der Waals surface area contributed by atoms with Crippen LogP contribution in [0.5, 0.6) is 0 Å². The van der Waals surface area contributed by atoms with E-state index in [0.29, 0.717) is 5.82 Å². The minimum atomic E-state index is -0.518. The van der Waals surface area contributed by atoms with E-state index < -0.39 is 5.69 Å². The third kappa shape index (κ3) is 3.63. The van der Waals surface area contributed by atoms with Crippen LogP contribution in [0.15, 0.2) is 40.4 Å². The minimum Gasteiger partial charge on any atom is -0.378 e. The molecule has 0 atom stereocenters. The van der Waals surface area contributed by atoms with E-state index in [-0.39, 0.29) is 0 Å². The number of nitrogens with zero attached hydrogens (tertiary/aromatic N) is 4. The Morgan fingerprint density at radius 1 is 1.32 bits per heavy atom. The fraction of sp³-hybridized carbons (Fsp3) is 0.167. The summed E-state index contributed by atoms with van der Waals surface area (Å²) in [6, 6.07) is 7.89. The molecule has 0 aliphatic heterocycles. The quantitative estimate of drug-likeness (QED) is 0.622. The van der Waals surface area contributed by atoms with Crippen molar-refractivity contribution in [3.8, 4) is 0 Å². The van der Waals surface area contributed by atoms with E-state index in [9.17, 15) is 4.79 Å². The van der Waals surface area contributed by atoms with E-state index in [1.165, 1.54) is 6.20 Å². The second-order valence-corrected chi connectivity index (χ2v) is 4.03. The van der Waals surface area contributed by atoms with Crippen molar-refractivity contribution in [1.82, 2.24) is 15.2 Å². The summed E-state index contributed by atoms with van der Waals surface area (Å²) < 4.78 is 0. The summed E-state index contributed by atoms with van der Waals surface area (Å²) in [6.45, 7) is 0. The van der Waals surface area contributed by atoms with Gasteiger partial charge in [0, 0.05) is 19.8 Å². The van der Waals surface area contributed by atoms with Crippen LogP contribution in [0.2, 0.25) is 0 Å². The van der Waals surface area contributed by atoms with Crippen molar-refractivity contribution >= 4 is 17.7 Å². The molecule has 0 aliphatic rings. The lowest BCUT2D eigenvalue weighted by Gasteiger charge is -2.11.